The molecule has 124 valence electrons. The van der Waals surface area contributed by atoms with Gasteiger partial charge in [-0.1, -0.05) is 23.8 Å². The number of morpholine rings is 1. The highest BCUT2D eigenvalue weighted by molar-refractivity contribution is 5.32. The Labute approximate surface area is 136 Å². The van der Waals surface area contributed by atoms with Gasteiger partial charge in [-0.05, 0) is 31.9 Å². The zero-order chi connectivity index (χ0) is 16.4. The van der Waals surface area contributed by atoms with E-state index >= 15 is 0 Å². The van der Waals surface area contributed by atoms with Crippen molar-refractivity contribution in [2.75, 3.05) is 26.2 Å². The highest BCUT2D eigenvalue weighted by atomic mass is 16.5. The number of ether oxygens (including phenoxy) is 1. The predicted molar refractivity (Wildman–Crippen MR) is 87.1 cm³/mol. The van der Waals surface area contributed by atoms with Crippen molar-refractivity contribution in [3.63, 3.8) is 0 Å². The van der Waals surface area contributed by atoms with Gasteiger partial charge in [-0.2, -0.15) is 5.10 Å². The van der Waals surface area contributed by atoms with Gasteiger partial charge in [0.05, 0.1) is 12.7 Å². The van der Waals surface area contributed by atoms with Gasteiger partial charge in [0, 0.05) is 19.6 Å². The molecule has 0 aliphatic carbocycles. The molecule has 1 aromatic heterocycles. The van der Waals surface area contributed by atoms with E-state index < -0.39 is 6.10 Å². The van der Waals surface area contributed by atoms with Gasteiger partial charge in [0.2, 0.25) is 0 Å². The second-order valence-electron chi connectivity index (χ2n) is 6.27. The molecule has 1 aromatic carbocycles. The molecule has 0 amide bonds. The lowest BCUT2D eigenvalue weighted by atomic mass is 10.0. The molecule has 0 radical (unpaired) electrons. The molecule has 1 aliphatic heterocycles. The minimum atomic E-state index is -0.497. The lowest BCUT2D eigenvalue weighted by Crippen LogP contribution is -2.41. The smallest absolute Gasteiger partial charge is 0.180 e. The van der Waals surface area contributed by atoms with Crippen LogP contribution in [0.1, 0.15) is 40.5 Å². The number of nitrogens with zero attached hydrogens (tertiary/aromatic N) is 3. The van der Waals surface area contributed by atoms with Crippen LogP contribution in [-0.2, 0) is 4.74 Å². The molecule has 6 heteroatoms. The minimum Gasteiger partial charge on any atom is -0.387 e. The summed E-state index contributed by atoms with van der Waals surface area (Å²) in [7, 11) is 0. The molecule has 1 fully saturated rings. The van der Waals surface area contributed by atoms with E-state index in [0.29, 0.717) is 25.5 Å². The van der Waals surface area contributed by atoms with Crippen molar-refractivity contribution in [2.45, 2.75) is 33.0 Å². The summed E-state index contributed by atoms with van der Waals surface area (Å²) in [5, 5.41) is 17.6. The molecule has 23 heavy (non-hydrogen) atoms. The Bertz CT molecular complexity index is 670. The molecule has 1 aliphatic rings. The summed E-state index contributed by atoms with van der Waals surface area (Å²) < 4.78 is 5.77. The number of H-pyrrole nitrogens is 1. The number of hydrogen-bond donors (Lipinski definition) is 2. The van der Waals surface area contributed by atoms with E-state index in [2.05, 4.69) is 33.1 Å². The van der Waals surface area contributed by atoms with E-state index in [0.717, 1.165) is 23.5 Å². The summed E-state index contributed by atoms with van der Waals surface area (Å²) in [6, 6.07) is 6.17. The Hall–Kier alpha value is -1.76. The summed E-state index contributed by atoms with van der Waals surface area (Å²) >= 11 is 0. The van der Waals surface area contributed by atoms with E-state index in [1.807, 2.05) is 26.0 Å². The normalized spacial score (nSPS) is 20.6. The number of rotatable bonds is 4. The molecule has 2 heterocycles. The van der Waals surface area contributed by atoms with Gasteiger partial charge >= 0.3 is 0 Å². The lowest BCUT2D eigenvalue weighted by Gasteiger charge is -2.33. The SMILES string of the molecule is Cc1ccc([C@@H](O)CN2CCO[C@@H](c3n[nH]c(C)n3)C2)c(C)c1. The summed E-state index contributed by atoms with van der Waals surface area (Å²) in [5.41, 5.74) is 3.34. The maximum absolute atomic E-state index is 10.6. The van der Waals surface area contributed by atoms with Crippen LogP contribution < -0.4 is 0 Å². The number of aromatic nitrogens is 3. The first-order valence-electron chi connectivity index (χ1n) is 8.01. The van der Waals surface area contributed by atoms with Crippen molar-refractivity contribution < 1.29 is 9.84 Å². The summed E-state index contributed by atoms with van der Waals surface area (Å²) in [6.07, 6.45) is -0.636. The Balaban J connectivity index is 1.65. The molecule has 2 aromatic rings. The maximum atomic E-state index is 10.6. The third-order valence-corrected chi connectivity index (χ3v) is 4.27. The molecule has 0 saturated carbocycles. The van der Waals surface area contributed by atoms with E-state index in [1.165, 1.54) is 5.56 Å². The summed E-state index contributed by atoms with van der Waals surface area (Å²) in [6.45, 7) is 8.70. The number of aromatic amines is 1. The van der Waals surface area contributed by atoms with Crippen molar-refractivity contribution in [3.8, 4) is 0 Å². The minimum absolute atomic E-state index is 0.139. The molecule has 0 spiro atoms. The second-order valence-corrected chi connectivity index (χ2v) is 6.27. The Morgan fingerprint density at radius 2 is 2.22 bits per heavy atom. The first-order chi connectivity index (χ1) is 11.0. The van der Waals surface area contributed by atoms with E-state index in [1.54, 1.807) is 0 Å². The molecule has 1 saturated heterocycles. The standard InChI is InChI=1S/C17H24N4O2/c1-11-4-5-14(12(2)8-11)15(22)9-21-6-7-23-16(10-21)17-18-13(3)19-20-17/h4-5,8,15-16,22H,6-7,9-10H2,1-3H3,(H,18,19,20)/t15-,16+/m0/s1. The highest BCUT2D eigenvalue weighted by Crippen LogP contribution is 2.24. The Kier molecular flexibility index (Phi) is 4.75. The van der Waals surface area contributed by atoms with E-state index in [-0.39, 0.29) is 6.10 Å². The summed E-state index contributed by atoms with van der Waals surface area (Å²) in [4.78, 5) is 6.56. The van der Waals surface area contributed by atoms with Crippen LogP contribution in [0.15, 0.2) is 18.2 Å². The number of β-amino-alcohol motifs (C(OH)–C–C–N with tert-alkyl or cyclic N) is 1. The number of nitrogens with one attached hydrogen (secondary N) is 1. The molecule has 3 rings (SSSR count). The maximum Gasteiger partial charge on any atom is 0.180 e. The van der Waals surface area contributed by atoms with Crippen LogP contribution >= 0.6 is 0 Å². The largest absolute Gasteiger partial charge is 0.387 e. The van der Waals surface area contributed by atoms with Crippen LogP contribution in [0.5, 0.6) is 0 Å². The Morgan fingerprint density at radius 1 is 1.39 bits per heavy atom. The average Bonchev–Trinajstić information content (AvgIpc) is 2.94. The fourth-order valence-electron chi connectivity index (χ4n) is 3.07. The monoisotopic (exact) mass is 316 g/mol. The molecule has 6 nitrogen and oxygen atoms in total. The van der Waals surface area contributed by atoms with E-state index in [9.17, 15) is 5.11 Å². The van der Waals surface area contributed by atoms with Crippen LogP contribution in [0, 0.1) is 20.8 Å². The van der Waals surface area contributed by atoms with Gasteiger partial charge in [0.15, 0.2) is 5.82 Å². The highest BCUT2D eigenvalue weighted by Gasteiger charge is 2.26. The first-order valence-corrected chi connectivity index (χ1v) is 8.01. The first kappa shape index (κ1) is 16.1. The predicted octanol–water partition coefficient (Wildman–Crippen LogP) is 1.84. The molecule has 0 bridgehead atoms. The molecular weight excluding hydrogens is 292 g/mol. The van der Waals surface area contributed by atoms with Gasteiger partial charge < -0.3 is 9.84 Å². The van der Waals surface area contributed by atoms with Gasteiger partial charge in [-0.15, -0.1) is 0 Å². The molecular formula is C17H24N4O2. The van der Waals surface area contributed by atoms with Crippen molar-refractivity contribution in [1.29, 1.82) is 0 Å². The quantitative estimate of drug-likeness (QED) is 0.900. The number of aliphatic hydroxyl groups excluding tert-OH is 1. The second kappa shape index (κ2) is 6.78. The van der Waals surface area contributed by atoms with Gasteiger partial charge in [-0.25, -0.2) is 4.98 Å². The number of aryl methyl sites for hydroxylation is 3. The van der Waals surface area contributed by atoms with Gasteiger partial charge in [0.25, 0.3) is 0 Å². The molecule has 2 atom stereocenters. The third-order valence-electron chi connectivity index (χ3n) is 4.27. The summed E-state index contributed by atoms with van der Waals surface area (Å²) in [5.74, 6) is 1.48. The Morgan fingerprint density at radius 3 is 2.91 bits per heavy atom. The molecule has 2 N–H and O–H groups in total. The van der Waals surface area contributed by atoms with Crippen LogP contribution in [0.2, 0.25) is 0 Å². The lowest BCUT2D eigenvalue weighted by molar-refractivity contribution is -0.0461. The topological polar surface area (TPSA) is 74.3 Å². The number of benzene rings is 1. The van der Waals surface area contributed by atoms with Gasteiger partial charge in [-0.3, -0.25) is 10.00 Å². The number of hydrogen-bond acceptors (Lipinski definition) is 5. The van der Waals surface area contributed by atoms with E-state index in [4.69, 9.17) is 4.74 Å². The fourth-order valence-corrected chi connectivity index (χ4v) is 3.07. The third kappa shape index (κ3) is 3.77. The van der Waals surface area contributed by atoms with Crippen molar-refractivity contribution in [2.24, 2.45) is 0 Å². The number of aliphatic hydroxyl groups is 1. The van der Waals surface area contributed by atoms with Crippen molar-refractivity contribution in [3.05, 3.63) is 46.5 Å². The van der Waals surface area contributed by atoms with Crippen LogP contribution in [0.4, 0.5) is 0 Å². The zero-order valence-corrected chi connectivity index (χ0v) is 13.9. The van der Waals surface area contributed by atoms with Gasteiger partial charge in [0.1, 0.15) is 11.9 Å². The fraction of sp³-hybridized carbons (Fsp3) is 0.529. The van der Waals surface area contributed by atoms with Crippen LogP contribution in [0.25, 0.3) is 0 Å². The van der Waals surface area contributed by atoms with Crippen LogP contribution in [-0.4, -0.2) is 51.4 Å². The average molecular weight is 316 g/mol. The van der Waals surface area contributed by atoms with Crippen LogP contribution in [0.3, 0.4) is 0 Å². The van der Waals surface area contributed by atoms with Crippen molar-refractivity contribution in [1.82, 2.24) is 20.1 Å². The molecule has 0 unspecified atom stereocenters. The zero-order valence-electron chi connectivity index (χ0n) is 13.9. The van der Waals surface area contributed by atoms with Crippen molar-refractivity contribution >= 4 is 0 Å².